The van der Waals surface area contributed by atoms with Gasteiger partial charge in [0.15, 0.2) is 0 Å². The van der Waals surface area contributed by atoms with Gasteiger partial charge in [-0.15, -0.1) is 0 Å². The lowest BCUT2D eigenvalue weighted by Crippen LogP contribution is -2.36. The Morgan fingerprint density at radius 3 is 2.13 bits per heavy atom. The van der Waals surface area contributed by atoms with E-state index in [9.17, 15) is 18.0 Å². The Balaban J connectivity index is 1.72. The predicted molar refractivity (Wildman–Crippen MR) is 81.8 cm³/mol. The molecule has 3 nitrogen and oxygen atoms in total. The van der Waals surface area contributed by atoms with Crippen molar-refractivity contribution < 1.29 is 18.0 Å². The zero-order chi connectivity index (χ0) is 16.7. The van der Waals surface area contributed by atoms with Gasteiger partial charge in [0.05, 0.1) is 5.56 Å². The maximum atomic E-state index is 12.4. The molecule has 0 aliphatic rings. The van der Waals surface area contributed by atoms with E-state index in [2.05, 4.69) is 10.6 Å². The summed E-state index contributed by atoms with van der Waals surface area (Å²) in [7, 11) is 0. The van der Waals surface area contributed by atoms with Gasteiger partial charge in [-0.05, 0) is 29.7 Å². The number of urea groups is 1. The average molecular weight is 322 g/mol. The summed E-state index contributed by atoms with van der Waals surface area (Å²) >= 11 is 0. The number of benzene rings is 2. The molecule has 6 heteroatoms. The summed E-state index contributed by atoms with van der Waals surface area (Å²) in [5, 5.41) is 5.32. The Bertz CT molecular complexity index is 625. The molecule has 2 rings (SSSR count). The molecule has 0 bridgehead atoms. The molecule has 0 fully saturated rings. The van der Waals surface area contributed by atoms with E-state index in [1.165, 1.54) is 12.1 Å². The number of rotatable bonds is 5. The van der Waals surface area contributed by atoms with Crippen LogP contribution in [0.3, 0.4) is 0 Å². The molecule has 0 aromatic heterocycles. The van der Waals surface area contributed by atoms with Gasteiger partial charge in [0.25, 0.3) is 0 Å². The van der Waals surface area contributed by atoms with Crippen LogP contribution in [0.15, 0.2) is 54.6 Å². The van der Waals surface area contributed by atoms with Gasteiger partial charge in [0.2, 0.25) is 0 Å². The molecule has 0 aliphatic heterocycles. The van der Waals surface area contributed by atoms with Gasteiger partial charge >= 0.3 is 12.2 Å². The number of halogens is 3. The average Bonchev–Trinajstić information content (AvgIpc) is 2.53. The minimum Gasteiger partial charge on any atom is -0.338 e. The number of hydrogen-bond donors (Lipinski definition) is 2. The fourth-order valence-electron chi connectivity index (χ4n) is 2.02. The minimum absolute atomic E-state index is 0.176. The molecule has 0 heterocycles. The summed E-state index contributed by atoms with van der Waals surface area (Å²) in [5.74, 6) is 0. The van der Waals surface area contributed by atoms with Crippen LogP contribution >= 0.6 is 0 Å². The Morgan fingerprint density at radius 2 is 1.52 bits per heavy atom. The summed E-state index contributed by atoms with van der Waals surface area (Å²) in [6.45, 7) is 0.665. The van der Waals surface area contributed by atoms with Gasteiger partial charge in [-0.3, -0.25) is 0 Å². The highest BCUT2D eigenvalue weighted by Gasteiger charge is 2.29. The monoisotopic (exact) mass is 322 g/mol. The third-order valence-electron chi connectivity index (χ3n) is 3.28. The van der Waals surface area contributed by atoms with E-state index in [1.54, 1.807) is 0 Å². The molecule has 23 heavy (non-hydrogen) atoms. The van der Waals surface area contributed by atoms with Crippen LogP contribution in [0.4, 0.5) is 18.0 Å². The second-order valence-electron chi connectivity index (χ2n) is 5.04. The highest BCUT2D eigenvalue weighted by atomic mass is 19.4. The van der Waals surface area contributed by atoms with Gasteiger partial charge in [0, 0.05) is 13.1 Å². The molecule has 2 amide bonds. The summed E-state index contributed by atoms with van der Waals surface area (Å²) in [6.07, 6.45) is -3.63. The number of alkyl halides is 3. The molecule has 2 aromatic rings. The van der Waals surface area contributed by atoms with E-state index in [0.717, 1.165) is 17.7 Å². The van der Waals surface area contributed by atoms with Crippen LogP contribution in [0.5, 0.6) is 0 Å². The van der Waals surface area contributed by atoms with Crippen LogP contribution in [0.2, 0.25) is 0 Å². The lowest BCUT2D eigenvalue weighted by Gasteiger charge is -2.09. The quantitative estimate of drug-likeness (QED) is 0.865. The molecule has 0 saturated carbocycles. The van der Waals surface area contributed by atoms with Crippen LogP contribution in [0, 0.1) is 0 Å². The van der Waals surface area contributed by atoms with Crippen LogP contribution in [-0.2, 0) is 19.1 Å². The van der Waals surface area contributed by atoms with Crippen LogP contribution < -0.4 is 10.6 Å². The van der Waals surface area contributed by atoms with Gasteiger partial charge in [-0.2, -0.15) is 13.2 Å². The van der Waals surface area contributed by atoms with E-state index in [1.807, 2.05) is 30.3 Å². The summed E-state index contributed by atoms with van der Waals surface area (Å²) in [5.41, 5.74) is 1.03. The molecule has 2 N–H and O–H groups in total. The first kappa shape index (κ1) is 16.9. The number of amides is 2. The standard InChI is InChI=1S/C17H17F3N2O/c18-17(19,20)15-8-6-14(7-9-15)12-22-16(23)21-11-10-13-4-2-1-3-5-13/h1-9H,10-12H2,(H2,21,22,23). The number of carbonyl (C=O) groups excluding carboxylic acids is 1. The predicted octanol–water partition coefficient (Wildman–Crippen LogP) is 3.75. The van der Waals surface area contributed by atoms with E-state index in [4.69, 9.17) is 0 Å². The summed E-state index contributed by atoms with van der Waals surface area (Å²) < 4.78 is 37.3. The first-order chi connectivity index (χ1) is 10.9. The van der Waals surface area contributed by atoms with Crippen molar-refractivity contribution >= 4 is 6.03 Å². The van der Waals surface area contributed by atoms with Crippen molar-refractivity contribution in [1.29, 1.82) is 0 Å². The molecule has 2 aromatic carbocycles. The maximum Gasteiger partial charge on any atom is 0.416 e. The Labute approximate surface area is 132 Å². The van der Waals surface area contributed by atoms with Gasteiger partial charge < -0.3 is 10.6 Å². The third kappa shape index (κ3) is 5.65. The van der Waals surface area contributed by atoms with Crippen LogP contribution in [-0.4, -0.2) is 12.6 Å². The molecular formula is C17H17F3N2O. The second kappa shape index (κ2) is 7.67. The first-order valence-electron chi connectivity index (χ1n) is 7.17. The number of carbonyl (C=O) groups is 1. The SMILES string of the molecule is O=C(NCCc1ccccc1)NCc1ccc(C(F)(F)F)cc1. The second-order valence-corrected chi connectivity index (χ2v) is 5.04. The Kier molecular flexibility index (Phi) is 5.62. The van der Waals surface area contributed by atoms with Crippen molar-refractivity contribution in [1.82, 2.24) is 10.6 Å². The van der Waals surface area contributed by atoms with Crippen LogP contribution in [0.25, 0.3) is 0 Å². The van der Waals surface area contributed by atoms with E-state index >= 15 is 0 Å². The smallest absolute Gasteiger partial charge is 0.338 e. The molecule has 122 valence electrons. The number of nitrogens with one attached hydrogen (secondary N) is 2. The fraction of sp³-hybridized carbons (Fsp3) is 0.235. The summed E-state index contributed by atoms with van der Waals surface area (Å²) in [6, 6.07) is 14.1. The molecule has 0 aliphatic carbocycles. The van der Waals surface area contributed by atoms with Gasteiger partial charge in [0.1, 0.15) is 0 Å². The normalized spacial score (nSPS) is 11.1. The zero-order valence-electron chi connectivity index (χ0n) is 12.4. The minimum atomic E-state index is -4.35. The summed E-state index contributed by atoms with van der Waals surface area (Å²) in [4.78, 5) is 11.6. The maximum absolute atomic E-state index is 12.4. The van der Waals surface area contributed by atoms with E-state index in [0.29, 0.717) is 18.5 Å². The Morgan fingerprint density at radius 1 is 0.870 bits per heavy atom. The molecular weight excluding hydrogens is 305 g/mol. The third-order valence-corrected chi connectivity index (χ3v) is 3.28. The first-order valence-corrected chi connectivity index (χ1v) is 7.17. The largest absolute Gasteiger partial charge is 0.416 e. The fourth-order valence-corrected chi connectivity index (χ4v) is 2.02. The Hall–Kier alpha value is -2.50. The van der Waals surface area contributed by atoms with Crippen LogP contribution in [0.1, 0.15) is 16.7 Å². The molecule has 0 saturated heterocycles. The molecule has 0 radical (unpaired) electrons. The van der Waals surface area contributed by atoms with Crippen molar-refractivity contribution in [2.24, 2.45) is 0 Å². The van der Waals surface area contributed by atoms with E-state index in [-0.39, 0.29) is 12.6 Å². The van der Waals surface area contributed by atoms with Crippen molar-refractivity contribution in [2.75, 3.05) is 6.54 Å². The topological polar surface area (TPSA) is 41.1 Å². The van der Waals surface area contributed by atoms with Gasteiger partial charge in [-0.25, -0.2) is 4.79 Å². The van der Waals surface area contributed by atoms with Crippen molar-refractivity contribution in [3.8, 4) is 0 Å². The number of hydrogen-bond acceptors (Lipinski definition) is 1. The van der Waals surface area contributed by atoms with Crippen molar-refractivity contribution in [3.63, 3.8) is 0 Å². The highest BCUT2D eigenvalue weighted by molar-refractivity contribution is 5.73. The molecule has 0 unspecified atom stereocenters. The lowest BCUT2D eigenvalue weighted by atomic mass is 10.1. The molecule has 0 atom stereocenters. The highest BCUT2D eigenvalue weighted by Crippen LogP contribution is 2.28. The van der Waals surface area contributed by atoms with Crippen molar-refractivity contribution in [2.45, 2.75) is 19.1 Å². The molecule has 0 spiro atoms. The van der Waals surface area contributed by atoms with Crippen molar-refractivity contribution in [3.05, 3.63) is 71.3 Å². The zero-order valence-corrected chi connectivity index (χ0v) is 12.4. The van der Waals surface area contributed by atoms with Gasteiger partial charge in [-0.1, -0.05) is 42.5 Å². The van der Waals surface area contributed by atoms with E-state index < -0.39 is 11.7 Å². The lowest BCUT2D eigenvalue weighted by molar-refractivity contribution is -0.137.